The van der Waals surface area contributed by atoms with Crippen molar-refractivity contribution in [3.8, 4) is 6.07 Å². The minimum absolute atomic E-state index is 0.710. The van der Waals surface area contributed by atoms with Gasteiger partial charge in [0.2, 0.25) is 0 Å². The first-order valence-corrected chi connectivity index (χ1v) is 5.64. The van der Waals surface area contributed by atoms with Crippen LogP contribution in [0.15, 0.2) is 24.3 Å². The molecule has 1 rings (SSSR count). The zero-order valence-electron chi connectivity index (χ0n) is 9.70. The molecule has 86 valence electrons. The van der Waals surface area contributed by atoms with Gasteiger partial charge in [0.1, 0.15) is 0 Å². The second-order valence-electron chi connectivity index (χ2n) is 3.60. The summed E-state index contributed by atoms with van der Waals surface area (Å²) in [6, 6.07) is 9.77. The lowest BCUT2D eigenvalue weighted by atomic mass is 10.1. The number of nitrogens with one attached hydrogen (secondary N) is 1. The minimum atomic E-state index is 0.710. The Morgan fingerprint density at radius 1 is 1.38 bits per heavy atom. The molecule has 0 aromatic heterocycles. The van der Waals surface area contributed by atoms with Crippen LogP contribution in [-0.2, 0) is 11.3 Å². The van der Waals surface area contributed by atoms with E-state index in [1.165, 1.54) is 0 Å². The molecule has 0 saturated heterocycles. The molecule has 1 aromatic carbocycles. The quantitative estimate of drug-likeness (QED) is 0.713. The maximum atomic E-state index is 8.74. The maximum absolute atomic E-state index is 8.74. The highest BCUT2D eigenvalue weighted by molar-refractivity contribution is 5.32. The summed E-state index contributed by atoms with van der Waals surface area (Å²) in [6.45, 7) is 5.29. The molecule has 16 heavy (non-hydrogen) atoms. The number of ether oxygens (including phenoxy) is 1. The second-order valence-corrected chi connectivity index (χ2v) is 3.60. The molecular weight excluding hydrogens is 200 g/mol. The molecule has 0 radical (unpaired) electrons. The molecule has 1 N–H and O–H groups in total. The number of nitriles is 1. The van der Waals surface area contributed by atoms with Crippen LogP contribution < -0.4 is 5.32 Å². The van der Waals surface area contributed by atoms with Gasteiger partial charge in [-0.05, 0) is 24.1 Å². The van der Waals surface area contributed by atoms with Gasteiger partial charge in [0.15, 0.2) is 0 Å². The lowest BCUT2D eigenvalue weighted by molar-refractivity contribution is 0.136. The molecule has 3 heteroatoms. The summed E-state index contributed by atoms with van der Waals surface area (Å²) in [5.41, 5.74) is 1.84. The fraction of sp³-hybridized carbons (Fsp3) is 0.462. The summed E-state index contributed by atoms with van der Waals surface area (Å²) in [5, 5.41) is 12.0. The van der Waals surface area contributed by atoms with Crippen LogP contribution in [0.5, 0.6) is 0 Å². The SMILES string of the molecule is CCCOCCNCc1cccc(C#N)c1. The van der Waals surface area contributed by atoms with Gasteiger partial charge in [0.05, 0.1) is 18.2 Å². The van der Waals surface area contributed by atoms with Crippen LogP contribution in [0.2, 0.25) is 0 Å². The van der Waals surface area contributed by atoms with E-state index in [9.17, 15) is 0 Å². The Bertz CT molecular complexity index is 344. The van der Waals surface area contributed by atoms with E-state index in [1.54, 1.807) is 0 Å². The molecule has 0 saturated carbocycles. The molecule has 0 atom stereocenters. The van der Waals surface area contributed by atoms with E-state index in [0.29, 0.717) is 5.56 Å². The molecule has 0 aliphatic rings. The van der Waals surface area contributed by atoms with E-state index in [4.69, 9.17) is 10.00 Å². The highest BCUT2D eigenvalue weighted by Crippen LogP contribution is 2.03. The molecule has 0 aliphatic carbocycles. The van der Waals surface area contributed by atoms with Gasteiger partial charge < -0.3 is 10.1 Å². The monoisotopic (exact) mass is 218 g/mol. The van der Waals surface area contributed by atoms with Gasteiger partial charge in [0, 0.05) is 19.7 Å². The topological polar surface area (TPSA) is 45.0 Å². The molecule has 0 unspecified atom stereocenters. The van der Waals surface area contributed by atoms with E-state index in [0.717, 1.165) is 38.3 Å². The van der Waals surface area contributed by atoms with Gasteiger partial charge in [-0.3, -0.25) is 0 Å². The third-order valence-electron chi connectivity index (χ3n) is 2.16. The largest absolute Gasteiger partial charge is 0.380 e. The first-order valence-electron chi connectivity index (χ1n) is 5.64. The van der Waals surface area contributed by atoms with Gasteiger partial charge in [-0.25, -0.2) is 0 Å². The summed E-state index contributed by atoms with van der Waals surface area (Å²) < 4.78 is 5.35. The Balaban J connectivity index is 2.19. The Labute approximate surface area is 97.0 Å². The van der Waals surface area contributed by atoms with E-state index in [1.807, 2.05) is 24.3 Å². The maximum Gasteiger partial charge on any atom is 0.0991 e. The standard InChI is InChI=1S/C13H18N2O/c1-2-7-16-8-6-15-11-13-5-3-4-12(9-13)10-14/h3-5,9,15H,2,6-8,11H2,1H3. The summed E-state index contributed by atoms with van der Waals surface area (Å²) in [4.78, 5) is 0. The van der Waals surface area contributed by atoms with Crippen molar-refractivity contribution in [2.24, 2.45) is 0 Å². The molecule has 3 nitrogen and oxygen atoms in total. The van der Waals surface area contributed by atoms with Crippen molar-refractivity contribution in [1.29, 1.82) is 5.26 Å². The van der Waals surface area contributed by atoms with Crippen molar-refractivity contribution in [1.82, 2.24) is 5.32 Å². The fourth-order valence-electron chi connectivity index (χ4n) is 1.37. The summed E-state index contributed by atoms with van der Waals surface area (Å²) >= 11 is 0. The van der Waals surface area contributed by atoms with Gasteiger partial charge in [-0.1, -0.05) is 19.1 Å². The van der Waals surface area contributed by atoms with Crippen molar-refractivity contribution in [2.75, 3.05) is 19.8 Å². The predicted molar refractivity (Wildman–Crippen MR) is 64.0 cm³/mol. The van der Waals surface area contributed by atoms with Crippen LogP contribution in [0, 0.1) is 11.3 Å². The Hall–Kier alpha value is -1.37. The van der Waals surface area contributed by atoms with Crippen molar-refractivity contribution in [3.05, 3.63) is 35.4 Å². The van der Waals surface area contributed by atoms with Crippen LogP contribution in [0.4, 0.5) is 0 Å². The Morgan fingerprint density at radius 3 is 3.00 bits per heavy atom. The number of rotatable bonds is 7. The van der Waals surface area contributed by atoms with Gasteiger partial charge in [0.25, 0.3) is 0 Å². The van der Waals surface area contributed by atoms with E-state index in [-0.39, 0.29) is 0 Å². The Morgan fingerprint density at radius 2 is 2.25 bits per heavy atom. The third-order valence-corrected chi connectivity index (χ3v) is 2.16. The molecule has 0 amide bonds. The zero-order valence-corrected chi connectivity index (χ0v) is 9.70. The molecule has 0 bridgehead atoms. The van der Waals surface area contributed by atoms with Gasteiger partial charge >= 0.3 is 0 Å². The molecule has 1 aromatic rings. The highest BCUT2D eigenvalue weighted by Gasteiger charge is 1.94. The second kappa shape index (κ2) is 7.86. The fourth-order valence-corrected chi connectivity index (χ4v) is 1.37. The van der Waals surface area contributed by atoms with E-state index < -0.39 is 0 Å². The lowest BCUT2D eigenvalue weighted by Gasteiger charge is -2.05. The third kappa shape index (κ3) is 4.92. The van der Waals surface area contributed by atoms with E-state index >= 15 is 0 Å². The number of hydrogen-bond donors (Lipinski definition) is 1. The average molecular weight is 218 g/mol. The van der Waals surface area contributed by atoms with Gasteiger partial charge in [-0.2, -0.15) is 5.26 Å². The first-order chi connectivity index (χ1) is 7.86. The highest BCUT2D eigenvalue weighted by atomic mass is 16.5. The van der Waals surface area contributed by atoms with Crippen LogP contribution in [0.25, 0.3) is 0 Å². The van der Waals surface area contributed by atoms with Crippen LogP contribution >= 0.6 is 0 Å². The zero-order chi connectivity index (χ0) is 11.6. The Kier molecular flexibility index (Phi) is 6.24. The molecular formula is C13H18N2O. The molecule has 0 heterocycles. The predicted octanol–water partition coefficient (Wildman–Crippen LogP) is 2.07. The van der Waals surface area contributed by atoms with Crippen LogP contribution in [-0.4, -0.2) is 19.8 Å². The summed E-state index contributed by atoms with van der Waals surface area (Å²) in [5.74, 6) is 0. The number of benzene rings is 1. The average Bonchev–Trinajstić information content (AvgIpc) is 2.34. The first kappa shape index (κ1) is 12.7. The van der Waals surface area contributed by atoms with Crippen molar-refractivity contribution in [3.63, 3.8) is 0 Å². The number of hydrogen-bond acceptors (Lipinski definition) is 3. The van der Waals surface area contributed by atoms with Crippen LogP contribution in [0.3, 0.4) is 0 Å². The molecule has 0 spiro atoms. The smallest absolute Gasteiger partial charge is 0.0991 e. The summed E-state index contributed by atoms with van der Waals surface area (Å²) in [6.07, 6.45) is 1.06. The van der Waals surface area contributed by atoms with Crippen molar-refractivity contribution >= 4 is 0 Å². The van der Waals surface area contributed by atoms with Crippen molar-refractivity contribution in [2.45, 2.75) is 19.9 Å². The molecule has 0 fully saturated rings. The molecule has 0 aliphatic heterocycles. The summed E-state index contributed by atoms with van der Waals surface area (Å²) in [7, 11) is 0. The van der Waals surface area contributed by atoms with Gasteiger partial charge in [-0.15, -0.1) is 0 Å². The lowest BCUT2D eigenvalue weighted by Crippen LogP contribution is -2.19. The minimum Gasteiger partial charge on any atom is -0.380 e. The van der Waals surface area contributed by atoms with Crippen molar-refractivity contribution < 1.29 is 4.74 Å². The van der Waals surface area contributed by atoms with E-state index in [2.05, 4.69) is 18.3 Å². The normalized spacial score (nSPS) is 10.0. The van der Waals surface area contributed by atoms with Crippen LogP contribution in [0.1, 0.15) is 24.5 Å². The number of nitrogens with zero attached hydrogens (tertiary/aromatic N) is 1.